The van der Waals surface area contributed by atoms with Crippen molar-refractivity contribution < 1.29 is 4.39 Å². The van der Waals surface area contributed by atoms with E-state index < -0.39 is 5.83 Å². The third kappa shape index (κ3) is 7.41. The van der Waals surface area contributed by atoms with Crippen molar-refractivity contribution in [3.63, 3.8) is 0 Å². The van der Waals surface area contributed by atoms with Gasteiger partial charge in [0.25, 0.3) is 0 Å². The summed E-state index contributed by atoms with van der Waals surface area (Å²) in [4.78, 5) is 0. The Morgan fingerprint density at radius 2 is 1.67 bits per heavy atom. The van der Waals surface area contributed by atoms with Gasteiger partial charge in [0.05, 0.1) is 0 Å². The van der Waals surface area contributed by atoms with E-state index in [0.717, 1.165) is 0 Å². The van der Waals surface area contributed by atoms with Crippen molar-refractivity contribution in [2.24, 2.45) is 0 Å². The molecule has 0 saturated carbocycles. The van der Waals surface area contributed by atoms with Crippen molar-refractivity contribution >= 4 is 0 Å². The summed E-state index contributed by atoms with van der Waals surface area (Å²) in [6.07, 6.45) is 0.648. The van der Waals surface area contributed by atoms with Crippen LogP contribution in [0.1, 0.15) is 27.2 Å². The van der Waals surface area contributed by atoms with Crippen molar-refractivity contribution in [1.82, 2.24) is 0 Å². The summed E-state index contributed by atoms with van der Waals surface area (Å²) < 4.78 is 11.8. The number of rotatable bonds is 2. The Bertz CT molecular complexity index is 92.7. The second-order valence-corrected chi connectivity index (χ2v) is 1.36. The molecular formula is C8H15F. The monoisotopic (exact) mass is 130 g/mol. The maximum atomic E-state index is 11.8. The van der Waals surface area contributed by atoms with Crippen molar-refractivity contribution in [2.75, 3.05) is 0 Å². The second-order valence-electron chi connectivity index (χ2n) is 1.36. The molecular weight excluding hydrogens is 115 g/mol. The Labute approximate surface area is 57.1 Å². The molecule has 0 atom stereocenters. The second kappa shape index (κ2) is 7.41. The van der Waals surface area contributed by atoms with E-state index in [1.54, 1.807) is 0 Å². The molecule has 0 radical (unpaired) electrons. The Hall–Kier alpha value is -0.590. The van der Waals surface area contributed by atoms with Crippen molar-refractivity contribution in [3.05, 3.63) is 24.6 Å². The van der Waals surface area contributed by atoms with E-state index in [0.29, 0.717) is 12.0 Å². The maximum Gasteiger partial charge on any atom is 0.118 e. The summed E-state index contributed by atoms with van der Waals surface area (Å²) in [7, 11) is 0. The number of halogens is 1. The van der Waals surface area contributed by atoms with Crippen molar-refractivity contribution in [2.45, 2.75) is 27.2 Å². The molecule has 0 heterocycles. The molecule has 0 spiro atoms. The van der Waals surface area contributed by atoms with E-state index in [-0.39, 0.29) is 0 Å². The van der Waals surface area contributed by atoms with Gasteiger partial charge in [0.15, 0.2) is 0 Å². The van der Waals surface area contributed by atoms with Gasteiger partial charge in [-0.1, -0.05) is 33.9 Å². The molecule has 1 heteroatoms. The van der Waals surface area contributed by atoms with Gasteiger partial charge in [-0.05, 0) is 12.0 Å². The van der Waals surface area contributed by atoms with Crippen LogP contribution < -0.4 is 0 Å². The predicted octanol–water partition coefficient (Wildman–Crippen LogP) is 3.46. The minimum atomic E-state index is -0.400. The summed E-state index contributed by atoms with van der Waals surface area (Å²) >= 11 is 0. The summed E-state index contributed by atoms with van der Waals surface area (Å²) in [5.74, 6) is -0.400. The van der Waals surface area contributed by atoms with Crippen molar-refractivity contribution in [1.29, 1.82) is 0 Å². The fourth-order valence-electron chi connectivity index (χ4n) is 0.192. The highest BCUT2D eigenvalue weighted by Crippen LogP contribution is 2.08. The first-order valence-corrected chi connectivity index (χ1v) is 3.21. The highest BCUT2D eigenvalue weighted by Gasteiger charge is 1.90. The first-order chi connectivity index (χ1) is 4.18. The van der Waals surface area contributed by atoms with Crippen LogP contribution in [0.3, 0.4) is 0 Å². The average Bonchev–Trinajstić information content (AvgIpc) is 1.91. The van der Waals surface area contributed by atoms with Crippen LogP contribution in [0, 0.1) is 0 Å². The van der Waals surface area contributed by atoms with E-state index in [4.69, 9.17) is 0 Å². The summed E-state index contributed by atoms with van der Waals surface area (Å²) in [5, 5.41) is 0. The minimum absolute atomic E-state index is 0.400. The number of hydrogen-bond acceptors (Lipinski definition) is 0. The van der Waals surface area contributed by atoms with Crippen LogP contribution in [0.2, 0.25) is 0 Å². The van der Waals surface area contributed by atoms with Gasteiger partial charge in [-0.15, -0.1) is 0 Å². The molecule has 0 unspecified atom stereocenters. The lowest BCUT2D eigenvalue weighted by Crippen LogP contribution is -1.73. The van der Waals surface area contributed by atoms with Crippen LogP contribution >= 0.6 is 0 Å². The standard InChI is InChI=1S/C6H9F.C2H6/c1-4-5(2)6(3)7;1-2/h2-4H2,1H3;1-2H3. The van der Waals surface area contributed by atoms with Gasteiger partial charge in [-0.2, -0.15) is 0 Å². The first kappa shape index (κ1) is 11.2. The molecule has 0 aromatic rings. The van der Waals surface area contributed by atoms with Crippen LogP contribution in [0.25, 0.3) is 0 Å². The smallest absolute Gasteiger partial charge is 0.118 e. The molecule has 0 aliphatic heterocycles. The Morgan fingerprint density at radius 1 is 1.33 bits per heavy atom. The van der Waals surface area contributed by atoms with Gasteiger partial charge in [-0.25, -0.2) is 4.39 Å². The van der Waals surface area contributed by atoms with Gasteiger partial charge in [0, 0.05) is 0 Å². The van der Waals surface area contributed by atoms with E-state index >= 15 is 0 Å². The topological polar surface area (TPSA) is 0 Å². The SMILES string of the molecule is C=C(F)C(=C)CC.CC. The van der Waals surface area contributed by atoms with Crippen LogP contribution in [0.5, 0.6) is 0 Å². The number of allylic oxidation sites excluding steroid dienone is 2. The Kier molecular flexibility index (Phi) is 9.25. The molecule has 9 heavy (non-hydrogen) atoms. The van der Waals surface area contributed by atoms with Gasteiger partial charge in [0.2, 0.25) is 0 Å². The highest BCUT2D eigenvalue weighted by molar-refractivity contribution is 5.17. The van der Waals surface area contributed by atoms with Crippen LogP contribution in [0.4, 0.5) is 4.39 Å². The van der Waals surface area contributed by atoms with Crippen LogP contribution in [-0.2, 0) is 0 Å². The quantitative estimate of drug-likeness (QED) is 0.502. The first-order valence-electron chi connectivity index (χ1n) is 3.21. The normalized spacial score (nSPS) is 7.11. The molecule has 0 N–H and O–H groups in total. The average molecular weight is 130 g/mol. The third-order valence-electron chi connectivity index (χ3n) is 0.810. The molecule has 0 fully saturated rings. The number of hydrogen-bond donors (Lipinski definition) is 0. The van der Waals surface area contributed by atoms with Crippen molar-refractivity contribution in [3.8, 4) is 0 Å². The summed E-state index contributed by atoms with van der Waals surface area (Å²) in [5.41, 5.74) is 0.486. The zero-order valence-corrected chi connectivity index (χ0v) is 6.50. The molecule has 0 saturated heterocycles. The van der Waals surface area contributed by atoms with Crippen LogP contribution in [0.15, 0.2) is 24.6 Å². The summed E-state index contributed by atoms with van der Waals surface area (Å²) in [6, 6.07) is 0. The lowest BCUT2D eigenvalue weighted by Gasteiger charge is -1.90. The maximum absolute atomic E-state index is 11.8. The molecule has 0 aliphatic rings. The molecule has 0 amide bonds. The van der Waals surface area contributed by atoms with E-state index in [1.807, 2.05) is 20.8 Å². The van der Waals surface area contributed by atoms with Gasteiger partial charge < -0.3 is 0 Å². The zero-order valence-electron chi connectivity index (χ0n) is 6.50. The minimum Gasteiger partial charge on any atom is -0.207 e. The molecule has 0 aromatic heterocycles. The molecule has 0 rings (SSSR count). The Morgan fingerprint density at radius 3 is 1.67 bits per heavy atom. The van der Waals surface area contributed by atoms with E-state index in [2.05, 4.69) is 13.2 Å². The lowest BCUT2D eigenvalue weighted by molar-refractivity contribution is 0.648. The van der Waals surface area contributed by atoms with Gasteiger partial charge >= 0.3 is 0 Å². The summed E-state index contributed by atoms with van der Waals surface area (Å²) in [6.45, 7) is 12.3. The predicted molar refractivity (Wildman–Crippen MR) is 41.0 cm³/mol. The molecule has 0 nitrogen and oxygen atoms in total. The largest absolute Gasteiger partial charge is 0.207 e. The Balaban J connectivity index is 0. The van der Waals surface area contributed by atoms with E-state index in [9.17, 15) is 4.39 Å². The fraction of sp³-hybridized carbons (Fsp3) is 0.500. The molecule has 0 aromatic carbocycles. The zero-order chi connectivity index (χ0) is 7.86. The molecule has 0 bridgehead atoms. The fourth-order valence-corrected chi connectivity index (χ4v) is 0.192. The molecule has 54 valence electrons. The molecule has 0 aliphatic carbocycles. The lowest BCUT2D eigenvalue weighted by atomic mass is 10.2. The van der Waals surface area contributed by atoms with Crippen LogP contribution in [-0.4, -0.2) is 0 Å². The van der Waals surface area contributed by atoms with Gasteiger partial charge in [-0.3, -0.25) is 0 Å². The van der Waals surface area contributed by atoms with E-state index in [1.165, 1.54) is 0 Å². The third-order valence-corrected chi connectivity index (χ3v) is 0.810. The van der Waals surface area contributed by atoms with Gasteiger partial charge in [0.1, 0.15) is 5.83 Å². The highest BCUT2D eigenvalue weighted by atomic mass is 19.1.